The van der Waals surface area contributed by atoms with Gasteiger partial charge in [-0.1, -0.05) is 18.7 Å². The average Bonchev–Trinajstić information content (AvgIpc) is 3.81. The molecular weight excluding hydrogens is 577 g/mol. The number of aromatic amines is 2. The van der Waals surface area contributed by atoms with Gasteiger partial charge in [0.1, 0.15) is 16.9 Å². The number of anilines is 1. The van der Waals surface area contributed by atoms with E-state index in [9.17, 15) is 4.39 Å². The van der Waals surface area contributed by atoms with E-state index in [1.54, 1.807) is 6.20 Å². The molecule has 0 bridgehead atoms. The summed E-state index contributed by atoms with van der Waals surface area (Å²) in [5.41, 5.74) is 8.56. The molecule has 0 unspecified atom stereocenters. The summed E-state index contributed by atoms with van der Waals surface area (Å²) in [5, 5.41) is 11.0. The summed E-state index contributed by atoms with van der Waals surface area (Å²) >= 11 is 0. The number of allylic oxidation sites excluding steroid dienone is 5. The first-order valence-electron chi connectivity index (χ1n) is 16.0. The van der Waals surface area contributed by atoms with Crippen molar-refractivity contribution in [3.05, 3.63) is 84.5 Å². The molecule has 1 fully saturated rings. The zero-order valence-electron chi connectivity index (χ0n) is 26.9. The van der Waals surface area contributed by atoms with Crippen LogP contribution in [0.3, 0.4) is 0 Å². The highest BCUT2D eigenvalue weighted by molar-refractivity contribution is 5.95. The van der Waals surface area contributed by atoms with Gasteiger partial charge in [-0.25, -0.2) is 14.4 Å². The van der Waals surface area contributed by atoms with Gasteiger partial charge in [-0.05, 0) is 120 Å². The molecule has 1 saturated heterocycles. The number of fused-ring (bicyclic) bond motifs is 2. The summed E-state index contributed by atoms with van der Waals surface area (Å²) in [4.78, 5) is 22.6. The molecule has 5 heterocycles. The second kappa shape index (κ2) is 14.2. The van der Waals surface area contributed by atoms with E-state index in [-0.39, 0.29) is 5.82 Å². The van der Waals surface area contributed by atoms with E-state index in [1.807, 2.05) is 51.4 Å². The number of likely N-dealkylation sites (N-methyl/N-ethyl adjacent to an activating group) is 1. The van der Waals surface area contributed by atoms with Crippen LogP contribution < -0.4 is 5.32 Å². The molecule has 0 amide bonds. The van der Waals surface area contributed by atoms with Crippen molar-refractivity contribution in [2.45, 2.75) is 32.6 Å². The van der Waals surface area contributed by atoms with Gasteiger partial charge in [-0.2, -0.15) is 5.10 Å². The normalized spacial score (nSPS) is 14.6. The Bertz CT molecular complexity index is 1890. The lowest BCUT2D eigenvalue weighted by atomic mass is 10.0. The monoisotopic (exact) mass is 619 g/mol. The molecule has 5 aromatic rings. The maximum absolute atomic E-state index is 14.7. The van der Waals surface area contributed by atoms with Gasteiger partial charge in [-0.15, -0.1) is 0 Å². The van der Waals surface area contributed by atoms with Gasteiger partial charge in [0, 0.05) is 30.5 Å². The molecule has 1 aromatic carbocycles. The van der Waals surface area contributed by atoms with Crippen LogP contribution in [-0.4, -0.2) is 86.8 Å². The predicted molar refractivity (Wildman–Crippen MR) is 186 cm³/mol. The Morgan fingerprint density at radius 3 is 2.67 bits per heavy atom. The number of halogens is 1. The number of imidazole rings is 1. The van der Waals surface area contributed by atoms with E-state index in [2.05, 4.69) is 54.0 Å². The molecule has 0 atom stereocenters. The number of rotatable bonds is 13. The van der Waals surface area contributed by atoms with Crippen LogP contribution >= 0.6 is 0 Å². The van der Waals surface area contributed by atoms with Crippen molar-refractivity contribution in [3.8, 4) is 22.8 Å². The molecule has 238 valence electrons. The number of H-pyrrole nitrogens is 2. The third-order valence-electron chi connectivity index (χ3n) is 8.44. The second-order valence-corrected chi connectivity index (χ2v) is 12.1. The first-order valence-corrected chi connectivity index (χ1v) is 16.0. The minimum Gasteiger partial charge on any atom is -0.384 e. The molecular formula is C36H42FN9. The largest absolute Gasteiger partial charge is 0.384 e. The van der Waals surface area contributed by atoms with E-state index in [4.69, 9.17) is 9.97 Å². The molecule has 10 heteroatoms. The van der Waals surface area contributed by atoms with Crippen LogP contribution in [0.5, 0.6) is 0 Å². The van der Waals surface area contributed by atoms with E-state index in [0.29, 0.717) is 46.0 Å². The lowest BCUT2D eigenvalue weighted by Crippen LogP contribution is -2.20. The highest BCUT2D eigenvalue weighted by Crippen LogP contribution is 2.32. The molecule has 1 aliphatic rings. The van der Waals surface area contributed by atoms with Crippen molar-refractivity contribution in [2.75, 3.05) is 52.1 Å². The minimum absolute atomic E-state index is 0.338. The van der Waals surface area contributed by atoms with Crippen molar-refractivity contribution in [2.24, 2.45) is 0 Å². The van der Waals surface area contributed by atoms with Crippen LogP contribution in [0.1, 0.15) is 38.3 Å². The first-order chi connectivity index (χ1) is 22.4. The summed E-state index contributed by atoms with van der Waals surface area (Å²) in [7, 11) is 4.01. The second-order valence-electron chi connectivity index (χ2n) is 12.1. The number of hydrogen-bond acceptors (Lipinski definition) is 7. The third-order valence-corrected chi connectivity index (χ3v) is 8.44. The van der Waals surface area contributed by atoms with Gasteiger partial charge < -0.3 is 20.1 Å². The molecule has 0 spiro atoms. The molecule has 46 heavy (non-hydrogen) atoms. The Hall–Kier alpha value is -4.67. The maximum Gasteiger partial charge on any atom is 0.161 e. The topological polar surface area (TPSA) is 102 Å². The van der Waals surface area contributed by atoms with Gasteiger partial charge >= 0.3 is 0 Å². The third kappa shape index (κ3) is 7.08. The summed E-state index contributed by atoms with van der Waals surface area (Å²) < 4.78 is 14.7. The van der Waals surface area contributed by atoms with Crippen molar-refractivity contribution in [1.82, 2.24) is 39.9 Å². The molecule has 9 nitrogen and oxygen atoms in total. The summed E-state index contributed by atoms with van der Waals surface area (Å²) in [6.07, 6.45) is 12.6. The Labute approximate surface area is 269 Å². The molecule has 0 aliphatic carbocycles. The molecule has 4 aromatic heterocycles. The van der Waals surface area contributed by atoms with Crippen LogP contribution in [0.15, 0.2) is 73.0 Å². The number of aromatic nitrogens is 6. The highest BCUT2D eigenvalue weighted by atomic mass is 19.1. The minimum atomic E-state index is -0.338. The Morgan fingerprint density at radius 1 is 1.07 bits per heavy atom. The van der Waals surface area contributed by atoms with E-state index in [1.165, 1.54) is 43.6 Å². The highest BCUT2D eigenvalue weighted by Gasteiger charge is 2.18. The Balaban J connectivity index is 1.28. The zero-order valence-corrected chi connectivity index (χ0v) is 26.9. The van der Waals surface area contributed by atoms with E-state index in [0.717, 1.165) is 48.2 Å². The van der Waals surface area contributed by atoms with E-state index < -0.39 is 0 Å². The summed E-state index contributed by atoms with van der Waals surface area (Å²) in [6.45, 7) is 11.2. The van der Waals surface area contributed by atoms with Crippen LogP contribution in [-0.2, 0) is 0 Å². The van der Waals surface area contributed by atoms with Crippen LogP contribution in [0.4, 0.5) is 10.1 Å². The molecule has 3 N–H and O–H groups in total. The number of benzene rings is 1. The van der Waals surface area contributed by atoms with Crippen LogP contribution in [0.2, 0.25) is 0 Å². The van der Waals surface area contributed by atoms with E-state index >= 15 is 0 Å². The number of hydrogen-bond donors (Lipinski definition) is 3. The van der Waals surface area contributed by atoms with Crippen LogP contribution in [0.25, 0.3) is 50.4 Å². The van der Waals surface area contributed by atoms with Gasteiger partial charge in [0.15, 0.2) is 11.5 Å². The molecule has 0 radical (unpaired) electrons. The van der Waals surface area contributed by atoms with Gasteiger partial charge in [0.05, 0.1) is 22.4 Å². The predicted octanol–water partition coefficient (Wildman–Crippen LogP) is 7.07. The molecule has 6 rings (SSSR count). The SMILES string of the molecule is C=C/C(=C\C(=C/C)c1ccc2[nH]nc(-c3nc4c(-c5cc(F)cc(NCCN(C)C)c5)nccc4[nH]3)c2n1)CCCN1CCCC1. The van der Waals surface area contributed by atoms with Crippen molar-refractivity contribution in [3.63, 3.8) is 0 Å². The van der Waals surface area contributed by atoms with Gasteiger partial charge in [0.2, 0.25) is 0 Å². The number of nitrogens with one attached hydrogen (secondary N) is 3. The standard InChI is InChI=1S/C36H42FN9/c1-5-24(10-9-18-46-16-7-8-17-46)20-25(6-2)29-11-12-31-34(40-29)35(44-43-31)36-41-30-13-14-39-32(33(30)42-36)26-21-27(37)23-28(22-26)38-15-19-45(3)4/h5-6,11-14,20-23,38H,1,7-10,15-19H2,2-4H3,(H,41,42)(H,43,44)/b24-20+,25-6+. The average molecular weight is 620 g/mol. The fourth-order valence-electron chi connectivity index (χ4n) is 5.99. The zero-order chi connectivity index (χ0) is 32.0. The lowest BCUT2D eigenvalue weighted by Gasteiger charge is -2.14. The summed E-state index contributed by atoms with van der Waals surface area (Å²) in [5.74, 6) is 0.224. The number of pyridine rings is 2. The van der Waals surface area contributed by atoms with Crippen molar-refractivity contribution < 1.29 is 4.39 Å². The van der Waals surface area contributed by atoms with Crippen molar-refractivity contribution >= 4 is 33.3 Å². The maximum atomic E-state index is 14.7. The summed E-state index contributed by atoms with van der Waals surface area (Å²) in [6, 6.07) is 10.8. The van der Waals surface area contributed by atoms with Crippen molar-refractivity contribution in [1.29, 1.82) is 0 Å². The fourth-order valence-corrected chi connectivity index (χ4v) is 5.99. The smallest absolute Gasteiger partial charge is 0.161 e. The molecule has 1 aliphatic heterocycles. The van der Waals surface area contributed by atoms with Crippen LogP contribution in [0, 0.1) is 5.82 Å². The number of likely N-dealkylation sites (tertiary alicyclic amines) is 1. The fraction of sp³-hybridized carbons (Fsp3) is 0.333. The Kier molecular flexibility index (Phi) is 9.65. The molecule has 0 saturated carbocycles. The lowest BCUT2D eigenvalue weighted by molar-refractivity contribution is 0.334. The van der Waals surface area contributed by atoms with Gasteiger partial charge in [-0.3, -0.25) is 10.1 Å². The Morgan fingerprint density at radius 2 is 1.89 bits per heavy atom. The quantitative estimate of drug-likeness (QED) is 0.121. The van der Waals surface area contributed by atoms with Gasteiger partial charge in [0.25, 0.3) is 0 Å². The first kappa shape index (κ1) is 31.3. The number of nitrogens with zero attached hydrogens (tertiary/aromatic N) is 6.